The van der Waals surface area contributed by atoms with Crippen molar-refractivity contribution >= 4 is 24.2 Å². The first-order valence-corrected chi connectivity index (χ1v) is 11.5. The zero-order valence-electron chi connectivity index (χ0n) is 18.0. The summed E-state index contributed by atoms with van der Waals surface area (Å²) >= 11 is 0. The highest BCUT2D eigenvalue weighted by Gasteiger charge is 2.41. The maximum absolute atomic E-state index is 12.6. The summed E-state index contributed by atoms with van der Waals surface area (Å²) in [6.07, 6.45) is 9.40. The highest BCUT2D eigenvalue weighted by Crippen LogP contribution is 2.40. The Labute approximate surface area is 191 Å². The molecule has 5 heteroatoms. The smallest absolute Gasteiger partial charge is 0.261 e. The molecule has 2 aromatic carbocycles. The molecule has 164 valence electrons. The molecular formula is C26H31ClN2O2. The molecule has 0 bridgehead atoms. The van der Waals surface area contributed by atoms with E-state index >= 15 is 0 Å². The molecule has 5 rings (SSSR count). The lowest BCUT2D eigenvalue weighted by molar-refractivity contribution is 0.0317. The summed E-state index contributed by atoms with van der Waals surface area (Å²) in [6.45, 7) is 2.76. The molecule has 31 heavy (non-hydrogen) atoms. The second kappa shape index (κ2) is 9.13. The van der Waals surface area contributed by atoms with Gasteiger partial charge in [-0.05, 0) is 81.3 Å². The van der Waals surface area contributed by atoms with Crippen molar-refractivity contribution in [1.29, 1.82) is 0 Å². The third-order valence-electron chi connectivity index (χ3n) is 7.43. The van der Waals surface area contributed by atoms with Crippen LogP contribution in [0.4, 0.5) is 0 Å². The number of rotatable bonds is 5. The molecular weight excluding hydrogens is 408 g/mol. The molecule has 1 saturated heterocycles. The van der Waals surface area contributed by atoms with Crippen LogP contribution in [0.25, 0.3) is 0 Å². The van der Waals surface area contributed by atoms with Crippen LogP contribution in [0.1, 0.15) is 70.4 Å². The van der Waals surface area contributed by atoms with Gasteiger partial charge >= 0.3 is 0 Å². The molecule has 1 spiro atoms. The fourth-order valence-electron chi connectivity index (χ4n) is 5.78. The zero-order chi connectivity index (χ0) is 20.6. The van der Waals surface area contributed by atoms with Crippen molar-refractivity contribution in [1.82, 2.24) is 9.80 Å². The van der Waals surface area contributed by atoms with E-state index in [4.69, 9.17) is 0 Å². The number of halogens is 1. The van der Waals surface area contributed by atoms with E-state index in [-0.39, 0.29) is 24.2 Å². The van der Waals surface area contributed by atoms with Crippen LogP contribution >= 0.6 is 12.4 Å². The van der Waals surface area contributed by atoms with Crippen LogP contribution in [-0.2, 0) is 12.8 Å². The van der Waals surface area contributed by atoms with Gasteiger partial charge in [-0.3, -0.25) is 19.4 Å². The van der Waals surface area contributed by atoms with Gasteiger partial charge < -0.3 is 0 Å². The van der Waals surface area contributed by atoms with E-state index in [1.54, 1.807) is 12.1 Å². The van der Waals surface area contributed by atoms with Crippen molar-refractivity contribution in [2.24, 2.45) is 0 Å². The summed E-state index contributed by atoms with van der Waals surface area (Å²) in [5, 5.41) is 0. The van der Waals surface area contributed by atoms with Crippen LogP contribution in [0.2, 0.25) is 0 Å². The quantitative estimate of drug-likeness (QED) is 0.492. The van der Waals surface area contributed by atoms with Gasteiger partial charge in [0.15, 0.2) is 0 Å². The van der Waals surface area contributed by atoms with Gasteiger partial charge in [-0.1, -0.05) is 42.8 Å². The van der Waals surface area contributed by atoms with Gasteiger partial charge in [0.05, 0.1) is 11.1 Å². The Kier molecular flexibility index (Phi) is 6.49. The van der Waals surface area contributed by atoms with Gasteiger partial charge in [0.2, 0.25) is 0 Å². The number of imide groups is 1. The van der Waals surface area contributed by atoms with Crippen LogP contribution in [-0.4, -0.2) is 46.8 Å². The van der Waals surface area contributed by atoms with Crippen LogP contribution in [0.3, 0.4) is 0 Å². The number of fused-ring (bicyclic) bond motifs is 2. The van der Waals surface area contributed by atoms with E-state index in [9.17, 15) is 9.59 Å². The Morgan fingerprint density at radius 2 is 1.42 bits per heavy atom. The van der Waals surface area contributed by atoms with E-state index < -0.39 is 0 Å². The monoisotopic (exact) mass is 438 g/mol. The minimum absolute atomic E-state index is 0. The van der Waals surface area contributed by atoms with Gasteiger partial charge in [0.1, 0.15) is 0 Å². The number of unbranched alkanes of at least 4 members (excludes halogenated alkanes) is 1. The molecule has 1 fully saturated rings. The topological polar surface area (TPSA) is 40.6 Å². The molecule has 2 heterocycles. The molecule has 0 N–H and O–H groups in total. The number of amides is 2. The minimum atomic E-state index is -0.131. The van der Waals surface area contributed by atoms with Crippen LogP contribution < -0.4 is 0 Å². The van der Waals surface area contributed by atoms with E-state index in [0.29, 0.717) is 23.2 Å². The molecule has 0 radical (unpaired) electrons. The summed E-state index contributed by atoms with van der Waals surface area (Å²) in [5.41, 5.74) is 4.47. The number of nitrogens with zero attached hydrogens (tertiary/aromatic N) is 2. The van der Waals surface area contributed by atoms with Gasteiger partial charge in [-0.15, -0.1) is 12.4 Å². The number of benzene rings is 2. The standard InChI is InChI=1S/C26H30N2O2.ClH/c29-24-22-11-3-4-12-23(22)25(30)28(24)18-8-7-17-27-16-6-5-14-26(27)15-13-20-9-1-2-10-21(20)19-26;/h1-4,9-12H,5-8,13-19H2;1H. The predicted octanol–water partition coefficient (Wildman–Crippen LogP) is 4.90. The molecule has 2 amide bonds. The number of piperidine rings is 1. The Bertz CT molecular complexity index is 940. The van der Waals surface area contributed by atoms with Crippen LogP contribution in [0.5, 0.6) is 0 Å². The maximum atomic E-state index is 12.6. The molecule has 2 aromatic rings. The average Bonchev–Trinajstić information content (AvgIpc) is 3.03. The van der Waals surface area contributed by atoms with E-state index in [1.807, 2.05) is 12.1 Å². The fourth-order valence-corrected chi connectivity index (χ4v) is 5.78. The molecule has 1 aliphatic carbocycles. The van der Waals surface area contributed by atoms with E-state index in [0.717, 1.165) is 19.4 Å². The molecule has 2 aliphatic heterocycles. The second-order valence-electron chi connectivity index (χ2n) is 9.13. The predicted molar refractivity (Wildman–Crippen MR) is 125 cm³/mol. The minimum Gasteiger partial charge on any atom is -0.297 e. The lowest BCUT2D eigenvalue weighted by Gasteiger charge is -2.50. The third-order valence-corrected chi connectivity index (χ3v) is 7.43. The third kappa shape index (κ3) is 4.04. The molecule has 3 aliphatic rings. The molecule has 0 aromatic heterocycles. The van der Waals surface area contributed by atoms with Gasteiger partial charge in [0, 0.05) is 12.1 Å². The number of aryl methyl sites for hydroxylation is 1. The largest absolute Gasteiger partial charge is 0.297 e. The highest BCUT2D eigenvalue weighted by atomic mass is 35.5. The fraction of sp³-hybridized carbons (Fsp3) is 0.462. The molecule has 1 atom stereocenters. The van der Waals surface area contributed by atoms with Crippen molar-refractivity contribution in [2.75, 3.05) is 19.6 Å². The number of likely N-dealkylation sites (tertiary alicyclic amines) is 1. The normalized spacial score (nSPS) is 22.9. The van der Waals surface area contributed by atoms with Gasteiger partial charge in [0.25, 0.3) is 11.8 Å². The summed E-state index contributed by atoms with van der Waals surface area (Å²) in [6, 6.07) is 16.1. The Morgan fingerprint density at radius 1 is 0.774 bits per heavy atom. The van der Waals surface area contributed by atoms with Crippen LogP contribution in [0, 0.1) is 0 Å². The number of hydrogen-bond donors (Lipinski definition) is 0. The Hall–Kier alpha value is -2.17. The average molecular weight is 439 g/mol. The molecule has 1 unspecified atom stereocenters. The Balaban J connectivity index is 0.00000231. The zero-order valence-corrected chi connectivity index (χ0v) is 18.8. The number of carbonyl (C=O) groups is 2. The summed E-state index contributed by atoms with van der Waals surface area (Å²) in [5.74, 6) is -0.261. The first kappa shape index (κ1) is 22.0. The highest BCUT2D eigenvalue weighted by molar-refractivity contribution is 6.21. The second-order valence-corrected chi connectivity index (χ2v) is 9.13. The van der Waals surface area contributed by atoms with Crippen molar-refractivity contribution in [2.45, 2.75) is 56.9 Å². The van der Waals surface area contributed by atoms with Crippen LogP contribution in [0.15, 0.2) is 48.5 Å². The molecule has 0 saturated carbocycles. The SMILES string of the molecule is Cl.O=C1c2ccccc2C(=O)N1CCCCN1CCCCC12CCc1ccccc1C2. The molecule has 4 nitrogen and oxygen atoms in total. The lowest BCUT2D eigenvalue weighted by atomic mass is 9.72. The van der Waals surface area contributed by atoms with Gasteiger partial charge in [-0.2, -0.15) is 0 Å². The van der Waals surface area contributed by atoms with Crippen molar-refractivity contribution in [3.05, 3.63) is 70.8 Å². The lowest BCUT2D eigenvalue weighted by Crippen LogP contribution is -2.55. The van der Waals surface area contributed by atoms with E-state index in [2.05, 4.69) is 29.2 Å². The number of carbonyl (C=O) groups excluding carboxylic acids is 2. The maximum Gasteiger partial charge on any atom is 0.261 e. The Morgan fingerprint density at radius 3 is 2.16 bits per heavy atom. The van der Waals surface area contributed by atoms with Crippen molar-refractivity contribution in [3.63, 3.8) is 0 Å². The van der Waals surface area contributed by atoms with E-state index in [1.165, 1.54) is 61.1 Å². The summed E-state index contributed by atoms with van der Waals surface area (Å²) < 4.78 is 0. The summed E-state index contributed by atoms with van der Waals surface area (Å²) in [4.78, 5) is 29.3. The first-order valence-electron chi connectivity index (χ1n) is 11.5. The van der Waals surface area contributed by atoms with Gasteiger partial charge in [-0.25, -0.2) is 0 Å². The number of hydrogen-bond acceptors (Lipinski definition) is 3. The van der Waals surface area contributed by atoms with Crippen molar-refractivity contribution in [3.8, 4) is 0 Å². The van der Waals surface area contributed by atoms with Crippen molar-refractivity contribution < 1.29 is 9.59 Å². The summed E-state index contributed by atoms with van der Waals surface area (Å²) in [7, 11) is 0. The first-order chi connectivity index (χ1) is 14.7.